The van der Waals surface area contributed by atoms with E-state index in [1.54, 1.807) is 0 Å². The zero-order chi connectivity index (χ0) is 18.5. The molecule has 138 valence electrons. The third-order valence-corrected chi connectivity index (χ3v) is 4.86. The van der Waals surface area contributed by atoms with Crippen molar-refractivity contribution in [2.24, 2.45) is 0 Å². The molecule has 1 aromatic rings. The van der Waals surface area contributed by atoms with Gasteiger partial charge in [-0.3, -0.25) is 0 Å². The number of aliphatic carboxylic acids is 1. The van der Waals surface area contributed by atoms with Crippen molar-refractivity contribution in [1.29, 1.82) is 0 Å². The maximum absolute atomic E-state index is 10.7. The van der Waals surface area contributed by atoms with E-state index in [1.165, 1.54) is 18.4 Å². The number of rotatable bonds is 11. The summed E-state index contributed by atoms with van der Waals surface area (Å²) in [6, 6.07) is 8.03. The lowest BCUT2D eigenvalue weighted by atomic mass is 10.1. The van der Waals surface area contributed by atoms with Crippen LogP contribution in [0.25, 0.3) is 0 Å². The largest absolute Gasteiger partial charge is 0.479 e. The number of unbranched alkanes of at least 4 members (excludes halogenated alkanes) is 6. The van der Waals surface area contributed by atoms with Gasteiger partial charge >= 0.3 is 5.97 Å². The van der Waals surface area contributed by atoms with Gasteiger partial charge in [0.25, 0.3) is 0 Å². The van der Waals surface area contributed by atoms with Crippen LogP contribution < -0.4 is 0 Å². The molecule has 0 aromatic heterocycles. The van der Waals surface area contributed by atoms with Gasteiger partial charge < -0.3 is 5.11 Å². The molecule has 0 radical (unpaired) electrons. The summed E-state index contributed by atoms with van der Waals surface area (Å²) < 4.78 is -1.66. The maximum Gasteiger partial charge on any atom is 0.340 e. The molecule has 0 heterocycles. The summed E-state index contributed by atoms with van der Waals surface area (Å²) in [4.78, 5) is 10.7. The summed E-state index contributed by atoms with van der Waals surface area (Å²) in [6.07, 6.45) is 9.16. The second kappa shape index (κ2) is 12.5. The summed E-state index contributed by atoms with van der Waals surface area (Å²) in [6.45, 7) is 0. The quantitative estimate of drug-likeness (QED) is 0.255. The molecule has 0 amide bonds. The average Bonchev–Trinajstić information content (AvgIpc) is 2.57. The van der Waals surface area contributed by atoms with E-state index >= 15 is 0 Å². The summed E-state index contributed by atoms with van der Waals surface area (Å²) in [5.74, 6) is 5.20. The molecule has 0 bridgehead atoms. The van der Waals surface area contributed by atoms with Gasteiger partial charge in [0.05, 0.1) is 0 Å². The van der Waals surface area contributed by atoms with E-state index in [1.807, 2.05) is 12.1 Å². The molecular formula is C20H25Cl3O2. The Labute approximate surface area is 165 Å². The van der Waals surface area contributed by atoms with Gasteiger partial charge in [-0.1, -0.05) is 59.8 Å². The molecule has 2 nitrogen and oxygen atoms in total. The summed E-state index contributed by atoms with van der Waals surface area (Å²) in [5, 5.41) is 9.57. The van der Waals surface area contributed by atoms with Crippen LogP contribution in [0, 0.1) is 11.8 Å². The topological polar surface area (TPSA) is 37.3 Å². The minimum absolute atomic E-state index is 0.270. The third-order valence-electron chi connectivity index (χ3n) is 3.91. The first kappa shape index (κ1) is 22.2. The fraction of sp³-hybridized carbons (Fsp3) is 0.550. The number of carboxylic acids is 1. The Morgan fingerprint density at radius 1 is 0.920 bits per heavy atom. The first-order valence-electron chi connectivity index (χ1n) is 8.73. The minimum Gasteiger partial charge on any atom is -0.479 e. The molecule has 25 heavy (non-hydrogen) atoms. The molecule has 5 heteroatoms. The number of aryl methyl sites for hydroxylation is 1. The van der Waals surface area contributed by atoms with E-state index in [0.717, 1.165) is 43.5 Å². The highest BCUT2D eigenvalue weighted by Gasteiger charge is 2.32. The van der Waals surface area contributed by atoms with E-state index in [2.05, 4.69) is 24.0 Å². The summed E-state index contributed by atoms with van der Waals surface area (Å²) in [5.41, 5.74) is 1.33. The van der Waals surface area contributed by atoms with Crippen LogP contribution in [0.5, 0.6) is 0 Å². The Bertz CT molecular complexity index is 571. The van der Waals surface area contributed by atoms with E-state index < -0.39 is 10.3 Å². The van der Waals surface area contributed by atoms with Crippen LogP contribution >= 0.6 is 34.8 Å². The fourth-order valence-electron chi connectivity index (χ4n) is 2.39. The van der Waals surface area contributed by atoms with Crippen molar-refractivity contribution in [3.63, 3.8) is 0 Å². The van der Waals surface area contributed by atoms with Gasteiger partial charge in [-0.25, -0.2) is 4.79 Å². The monoisotopic (exact) mass is 402 g/mol. The summed E-state index contributed by atoms with van der Waals surface area (Å²) >= 11 is 17.2. The predicted molar refractivity (Wildman–Crippen MR) is 107 cm³/mol. The van der Waals surface area contributed by atoms with Crippen molar-refractivity contribution in [2.75, 3.05) is 0 Å². The minimum atomic E-state index is -1.66. The predicted octanol–water partition coefficient (Wildman–Crippen LogP) is 6.66. The van der Waals surface area contributed by atoms with Crippen molar-refractivity contribution < 1.29 is 9.90 Å². The first-order chi connectivity index (χ1) is 11.9. The van der Waals surface area contributed by atoms with E-state index in [0.29, 0.717) is 6.42 Å². The van der Waals surface area contributed by atoms with Gasteiger partial charge in [0, 0.05) is 17.9 Å². The molecule has 1 rings (SSSR count). The van der Waals surface area contributed by atoms with Crippen molar-refractivity contribution in [3.8, 4) is 11.8 Å². The molecule has 1 aromatic carbocycles. The van der Waals surface area contributed by atoms with Gasteiger partial charge in [0.2, 0.25) is 4.33 Å². The van der Waals surface area contributed by atoms with E-state index in [4.69, 9.17) is 39.9 Å². The molecule has 0 saturated heterocycles. The molecular weight excluding hydrogens is 379 g/mol. The zero-order valence-corrected chi connectivity index (χ0v) is 16.6. The zero-order valence-electron chi connectivity index (χ0n) is 14.4. The van der Waals surface area contributed by atoms with Crippen molar-refractivity contribution in [1.82, 2.24) is 0 Å². The van der Waals surface area contributed by atoms with Crippen LogP contribution in [0.15, 0.2) is 24.3 Å². The van der Waals surface area contributed by atoms with E-state index in [-0.39, 0.29) is 6.42 Å². The molecule has 0 aliphatic heterocycles. The first-order valence-corrected chi connectivity index (χ1v) is 9.86. The Kier molecular flexibility index (Phi) is 11.1. The highest BCUT2D eigenvalue weighted by atomic mass is 35.5. The van der Waals surface area contributed by atoms with Crippen molar-refractivity contribution in [3.05, 3.63) is 34.9 Å². The Balaban J connectivity index is 1.96. The van der Waals surface area contributed by atoms with Gasteiger partial charge in [-0.15, -0.1) is 11.8 Å². The molecule has 0 aliphatic carbocycles. The summed E-state index contributed by atoms with van der Waals surface area (Å²) in [7, 11) is 0. The third kappa shape index (κ3) is 10.6. The molecule has 0 saturated carbocycles. The Hall–Kier alpha value is -0.880. The van der Waals surface area contributed by atoms with Crippen molar-refractivity contribution in [2.45, 2.75) is 68.5 Å². The number of alkyl halides is 2. The highest BCUT2D eigenvalue weighted by molar-refractivity contribution is 6.57. The number of hydrogen-bond acceptors (Lipinski definition) is 1. The number of halogens is 3. The SMILES string of the molecule is O=C(O)C(Cl)(Cl)CCCCCC#CCCCCCc1ccc(Cl)cc1. The molecule has 1 N–H and O–H groups in total. The molecule has 0 aliphatic rings. The van der Waals surface area contributed by atoms with Crippen LogP contribution in [0.2, 0.25) is 5.02 Å². The highest BCUT2D eigenvalue weighted by Crippen LogP contribution is 2.28. The molecule has 0 unspecified atom stereocenters. The normalized spacial score (nSPS) is 11.0. The van der Waals surface area contributed by atoms with Gasteiger partial charge in [0.1, 0.15) is 0 Å². The maximum atomic E-state index is 10.7. The smallest absolute Gasteiger partial charge is 0.340 e. The molecule has 0 fully saturated rings. The molecule has 0 atom stereocenters. The standard InChI is InChI=1S/C20H25Cl3O2/c21-18-14-12-17(13-15-18)11-9-7-5-3-1-2-4-6-8-10-16-20(22,23)19(24)25/h12-15H,3-11,16H2,(H,24,25). The number of carbonyl (C=O) groups is 1. The van der Waals surface area contributed by atoms with Crippen LogP contribution in [-0.2, 0) is 11.2 Å². The Morgan fingerprint density at radius 2 is 1.48 bits per heavy atom. The fourth-order valence-corrected chi connectivity index (χ4v) is 2.78. The molecule has 0 spiro atoms. The van der Waals surface area contributed by atoms with Crippen LogP contribution in [0.3, 0.4) is 0 Å². The van der Waals surface area contributed by atoms with Gasteiger partial charge in [-0.05, 0) is 56.2 Å². The van der Waals surface area contributed by atoms with Gasteiger partial charge in [0.15, 0.2) is 0 Å². The van der Waals surface area contributed by atoms with Crippen LogP contribution in [0.1, 0.15) is 63.4 Å². The lowest BCUT2D eigenvalue weighted by molar-refractivity contribution is -0.138. The second-order valence-electron chi connectivity index (χ2n) is 6.11. The van der Waals surface area contributed by atoms with Crippen molar-refractivity contribution >= 4 is 40.8 Å². The van der Waals surface area contributed by atoms with Crippen LogP contribution in [0.4, 0.5) is 0 Å². The average molecular weight is 404 g/mol. The van der Waals surface area contributed by atoms with E-state index in [9.17, 15) is 4.79 Å². The number of hydrogen-bond donors (Lipinski definition) is 1. The Morgan fingerprint density at radius 3 is 2.04 bits per heavy atom. The number of benzene rings is 1. The lowest BCUT2D eigenvalue weighted by Gasteiger charge is -2.12. The van der Waals surface area contributed by atoms with Gasteiger partial charge in [-0.2, -0.15) is 0 Å². The second-order valence-corrected chi connectivity index (χ2v) is 8.03. The number of carboxylic acid groups (broad SMARTS) is 1. The van der Waals surface area contributed by atoms with Crippen LogP contribution in [-0.4, -0.2) is 15.4 Å². The lowest BCUT2D eigenvalue weighted by Crippen LogP contribution is -2.25.